The van der Waals surface area contributed by atoms with Crippen molar-refractivity contribution < 1.29 is 4.79 Å². The molecule has 3 heterocycles. The molecule has 2 aromatic heterocycles. The number of aryl methyl sites for hydroxylation is 2. The summed E-state index contributed by atoms with van der Waals surface area (Å²) < 4.78 is 2.12. The molecule has 3 rings (SSSR count). The molecule has 1 N–H and O–H groups in total. The number of rotatable bonds is 6. The minimum Gasteiger partial charge on any atom is -0.355 e. The molecule has 1 fully saturated rings. The van der Waals surface area contributed by atoms with Gasteiger partial charge >= 0.3 is 0 Å². The lowest BCUT2D eigenvalue weighted by atomic mass is 9.97. The molecule has 26 heavy (non-hydrogen) atoms. The van der Waals surface area contributed by atoms with Crippen molar-refractivity contribution in [1.29, 1.82) is 0 Å². The Balaban J connectivity index is 1.64. The van der Waals surface area contributed by atoms with E-state index in [1.165, 1.54) is 0 Å². The number of carbonyl (C=O) groups is 1. The fourth-order valence-corrected chi connectivity index (χ4v) is 4.31. The predicted molar refractivity (Wildman–Crippen MR) is 105 cm³/mol. The number of likely N-dealkylation sites (N-methyl/N-ethyl adjacent to an activating group) is 1. The Kier molecular flexibility index (Phi) is 5.93. The summed E-state index contributed by atoms with van der Waals surface area (Å²) in [5.41, 5.74) is 2.31. The van der Waals surface area contributed by atoms with Crippen molar-refractivity contribution in [3.05, 3.63) is 23.5 Å². The summed E-state index contributed by atoms with van der Waals surface area (Å²) in [4.78, 5) is 16.7. The van der Waals surface area contributed by atoms with E-state index in [1.807, 2.05) is 14.1 Å². The molecule has 1 unspecified atom stereocenters. The second-order valence-corrected chi connectivity index (χ2v) is 8.13. The first kappa shape index (κ1) is 18.8. The van der Waals surface area contributed by atoms with Crippen molar-refractivity contribution >= 4 is 22.4 Å². The average Bonchev–Trinajstić information content (AvgIpc) is 3.21. The zero-order valence-electron chi connectivity index (χ0n) is 16.0. The van der Waals surface area contributed by atoms with Crippen LogP contribution in [0.5, 0.6) is 0 Å². The summed E-state index contributed by atoms with van der Waals surface area (Å²) in [6, 6.07) is 4.18. The van der Waals surface area contributed by atoms with E-state index in [-0.39, 0.29) is 11.8 Å². The van der Waals surface area contributed by atoms with Gasteiger partial charge in [0.1, 0.15) is 0 Å². The molecule has 2 aromatic rings. The highest BCUT2D eigenvalue weighted by Crippen LogP contribution is 2.29. The molecule has 0 bridgehead atoms. The number of amides is 1. The Hall–Kier alpha value is -1.93. The monoisotopic (exact) mass is 376 g/mol. The van der Waals surface area contributed by atoms with Gasteiger partial charge in [0.2, 0.25) is 16.2 Å². The number of aromatic nitrogens is 3. The molecule has 1 atom stereocenters. The molecule has 0 saturated carbocycles. The van der Waals surface area contributed by atoms with Gasteiger partial charge in [0.25, 0.3) is 0 Å². The predicted octanol–water partition coefficient (Wildman–Crippen LogP) is 1.84. The van der Waals surface area contributed by atoms with Crippen LogP contribution < -0.4 is 10.2 Å². The van der Waals surface area contributed by atoms with Gasteiger partial charge in [-0.2, -0.15) is 0 Å². The molecule has 0 spiro atoms. The molecule has 1 amide bonds. The van der Waals surface area contributed by atoms with E-state index in [4.69, 9.17) is 0 Å². The third-order valence-corrected chi connectivity index (χ3v) is 5.76. The van der Waals surface area contributed by atoms with Crippen LogP contribution in [0.4, 0.5) is 5.13 Å². The van der Waals surface area contributed by atoms with Crippen molar-refractivity contribution in [3.8, 4) is 5.13 Å². The highest BCUT2D eigenvalue weighted by molar-refractivity contribution is 7.17. The third kappa shape index (κ3) is 4.24. The summed E-state index contributed by atoms with van der Waals surface area (Å²) in [6.07, 6.45) is 1.94. The van der Waals surface area contributed by atoms with Crippen LogP contribution in [0.1, 0.15) is 24.2 Å². The van der Waals surface area contributed by atoms with E-state index in [0.717, 1.165) is 47.6 Å². The lowest BCUT2D eigenvalue weighted by Crippen LogP contribution is -2.44. The summed E-state index contributed by atoms with van der Waals surface area (Å²) in [5, 5.41) is 13.6. The molecule has 0 aliphatic carbocycles. The number of hydrogen-bond donors (Lipinski definition) is 1. The smallest absolute Gasteiger partial charge is 0.224 e. The van der Waals surface area contributed by atoms with Crippen LogP contribution in [0.25, 0.3) is 5.13 Å². The molecular formula is C18H28N6OS. The maximum Gasteiger partial charge on any atom is 0.224 e. The first-order valence-electron chi connectivity index (χ1n) is 9.12. The molecule has 1 saturated heterocycles. The molecular weight excluding hydrogens is 348 g/mol. The average molecular weight is 377 g/mol. The zero-order chi connectivity index (χ0) is 18.7. The minimum absolute atomic E-state index is 0.0216. The second-order valence-electron chi connectivity index (χ2n) is 7.20. The number of anilines is 1. The number of hydrogen-bond acceptors (Lipinski definition) is 6. The Morgan fingerprint density at radius 1 is 1.27 bits per heavy atom. The standard InChI is InChI=1S/C18H28N6OS/c1-13-7-8-14(2)24(13)18-21-20-17(26-18)23-10-5-6-15(12-23)16(25)19-9-11-22(3)4/h7-8,15H,5-6,9-12H2,1-4H3,(H,19,25). The van der Waals surface area contributed by atoms with E-state index in [9.17, 15) is 4.79 Å². The first-order valence-corrected chi connectivity index (χ1v) is 9.93. The number of carbonyl (C=O) groups excluding carboxylic acids is 1. The molecule has 0 radical (unpaired) electrons. The van der Waals surface area contributed by atoms with Gasteiger partial charge in [-0.1, -0.05) is 11.3 Å². The first-order chi connectivity index (χ1) is 12.5. The van der Waals surface area contributed by atoms with E-state index in [1.54, 1.807) is 11.3 Å². The van der Waals surface area contributed by atoms with Crippen LogP contribution in [0.15, 0.2) is 12.1 Å². The van der Waals surface area contributed by atoms with Gasteiger partial charge in [0.15, 0.2) is 0 Å². The lowest BCUT2D eigenvalue weighted by Gasteiger charge is -2.31. The van der Waals surface area contributed by atoms with Gasteiger partial charge in [-0.05, 0) is 52.9 Å². The highest BCUT2D eigenvalue weighted by Gasteiger charge is 2.27. The SMILES string of the molecule is Cc1ccc(C)n1-c1nnc(N2CCCC(C(=O)NCCN(C)C)C2)s1. The number of piperidine rings is 1. The molecule has 1 aliphatic rings. The summed E-state index contributed by atoms with van der Waals surface area (Å²) in [6.45, 7) is 7.34. The fourth-order valence-electron chi connectivity index (χ4n) is 3.31. The Bertz CT molecular complexity index is 733. The Morgan fingerprint density at radius 2 is 1.96 bits per heavy atom. The molecule has 8 heteroatoms. The Labute approximate surface area is 159 Å². The van der Waals surface area contributed by atoms with Gasteiger partial charge in [-0.3, -0.25) is 9.36 Å². The van der Waals surface area contributed by atoms with Crippen molar-refractivity contribution in [1.82, 2.24) is 25.0 Å². The van der Waals surface area contributed by atoms with E-state index in [0.29, 0.717) is 13.1 Å². The van der Waals surface area contributed by atoms with Gasteiger partial charge < -0.3 is 15.1 Å². The third-order valence-electron chi connectivity index (χ3n) is 4.79. The van der Waals surface area contributed by atoms with Crippen molar-refractivity contribution in [3.63, 3.8) is 0 Å². The van der Waals surface area contributed by atoms with Gasteiger partial charge in [-0.25, -0.2) is 0 Å². The van der Waals surface area contributed by atoms with E-state index in [2.05, 4.69) is 55.9 Å². The number of nitrogens with one attached hydrogen (secondary N) is 1. The van der Waals surface area contributed by atoms with E-state index >= 15 is 0 Å². The van der Waals surface area contributed by atoms with E-state index < -0.39 is 0 Å². The zero-order valence-corrected chi connectivity index (χ0v) is 16.8. The minimum atomic E-state index is 0.0216. The number of nitrogens with zero attached hydrogens (tertiary/aromatic N) is 5. The second kappa shape index (κ2) is 8.18. The van der Waals surface area contributed by atoms with Crippen LogP contribution in [-0.4, -0.2) is 65.8 Å². The maximum absolute atomic E-state index is 12.4. The van der Waals surface area contributed by atoms with Crippen LogP contribution >= 0.6 is 11.3 Å². The highest BCUT2D eigenvalue weighted by atomic mass is 32.1. The summed E-state index contributed by atoms with van der Waals surface area (Å²) in [7, 11) is 4.02. The molecule has 0 aromatic carbocycles. The van der Waals surface area contributed by atoms with Gasteiger partial charge in [-0.15, -0.1) is 10.2 Å². The van der Waals surface area contributed by atoms with Gasteiger partial charge in [0.05, 0.1) is 5.92 Å². The fraction of sp³-hybridized carbons (Fsp3) is 0.611. The lowest BCUT2D eigenvalue weighted by molar-refractivity contribution is -0.125. The van der Waals surface area contributed by atoms with Crippen LogP contribution in [0, 0.1) is 19.8 Å². The van der Waals surface area contributed by atoms with Crippen molar-refractivity contribution in [2.45, 2.75) is 26.7 Å². The molecule has 142 valence electrons. The van der Waals surface area contributed by atoms with Gasteiger partial charge in [0, 0.05) is 37.6 Å². The quantitative estimate of drug-likeness (QED) is 0.833. The summed E-state index contributed by atoms with van der Waals surface area (Å²) >= 11 is 1.59. The molecule has 7 nitrogen and oxygen atoms in total. The Morgan fingerprint density at radius 3 is 2.65 bits per heavy atom. The maximum atomic E-state index is 12.4. The van der Waals surface area contributed by atoms with Crippen molar-refractivity contribution in [2.75, 3.05) is 45.2 Å². The largest absolute Gasteiger partial charge is 0.355 e. The van der Waals surface area contributed by atoms with Crippen LogP contribution in [-0.2, 0) is 4.79 Å². The topological polar surface area (TPSA) is 66.3 Å². The van der Waals surface area contributed by atoms with Crippen LogP contribution in [0.3, 0.4) is 0 Å². The molecule has 1 aliphatic heterocycles. The van der Waals surface area contributed by atoms with Crippen LogP contribution in [0.2, 0.25) is 0 Å². The summed E-state index contributed by atoms with van der Waals surface area (Å²) in [5.74, 6) is 0.173. The normalized spacial score (nSPS) is 17.7. The van der Waals surface area contributed by atoms with Crippen molar-refractivity contribution in [2.24, 2.45) is 5.92 Å².